The highest BCUT2D eigenvalue weighted by Gasteiger charge is 2.36. The van der Waals surface area contributed by atoms with Crippen LogP contribution >= 0.6 is 0 Å². The summed E-state index contributed by atoms with van der Waals surface area (Å²) >= 11 is 0. The Kier molecular flexibility index (Phi) is 4.48. The van der Waals surface area contributed by atoms with Gasteiger partial charge in [-0.1, -0.05) is 0 Å². The number of hydrogen-bond donors (Lipinski definition) is 1. The van der Waals surface area contributed by atoms with Crippen LogP contribution in [0.2, 0.25) is 0 Å². The van der Waals surface area contributed by atoms with E-state index in [1.165, 1.54) is 11.8 Å². The largest absolute Gasteiger partial charge is 0.497 e. The van der Waals surface area contributed by atoms with Crippen molar-refractivity contribution in [2.45, 2.75) is 20.4 Å². The average Bonchev–Trinajstić information content (AvgIpc) is 2.87. The summed E-state index contributed by atoms with van der Waals surface area (Å²) in [7, 11) is 1.56. The molecule has 1 atom stereocenters. The Morgan fingerprint density at radius 2 is 2.12 bits per heavy atom. The number of H-pyrrole nitrogens is 1. The molecule has 25 heavy (non-hydrogen) atoms. The maximum atomic E-state index is 12.9. The van der Waals surface area contributed by atoms with Crippen LogP contribution in [0.1, 0.15) is 29.9 Å². The number of aromatic amines is 1. The smallest absolute Gasteiger partial charge is 0.410 e. The van der Waals surface area contributed by atoms with Crippen LogP contribution in [0.15, 0.2) is 18.2 Å². The van der Waals surface area contributed by atoms with Crippen LogP contribution in [-0.4, -0.2) is 47.8 Å². The maximum absolute atomic E-state index is 12.9. The average molecular weight is 344 g/mol. The maximum Gasteiger partial charge on any atom is 0.410 e. The van der Waals surface area contributed by atoms with Crippen LogP contribution in [0.5, 0.6) is 5.75 Å². The summed E-state index contributed by atoms with van der Waals surface area (Å²) in [6.07, 6.45) is -0.536. The number of benzene rings is 1. The van der Waals surface area contributed by atoms with Crippen molar-refractivity contribution in [3.63, 3.8) is 0 Å². The summed E-state index contributed by atoms with van der Waals surface area (Å²) < 4.78 is 10.3. The lowest BCUT2D eigenvalue weighted by Gasteiger charge is -2.22. The van der Waals surface area contributed by atoms with E-state index in [2.05, 4.69) is 4.98 Å². The van der Waals surface area contributed by atoms with E-state index in [9.17, 15) is 14.4 Å². The molecule has 1 aliphatic heterocycles. The highest BCUT2D eigenvalue weighted by Crippen LogP contribution is 2.32. The molecule has 1 unspecified atom stereocenters. The Hall–Kier alpha value is -2.83. The van der Waals surface area contributed by atoms with Crippen LogP contribution < -0.4 is 4.74 Å². The molecule has 0 fully saturated rings. The van der Waals surface area contributed by atoms with Gasteiger partial charge in [-0.15, -0.1) is 0 Å². The predicted octanol–water partition coefficient (Wildman–Crippen LogP) is 2.54. The molecule has 0 spiro atoms. The van der Waals surface area contributed by atoms with Gasteiger partial charge in [0.1, 0.15) is 11.5 Å². The minimum absolute atomic E-state index is 0.0149. The molecule has 1 aliphatic rings. The monoisotopic (exact) mass is 344 g/mol. The van der Waals surface area contributed by atoms with Crippen LogP contribution in [-0.2, 0) is 16.1 Å². The Morgan fingerprint density at radius 3 is 2.76 bits per heavy atom. The first kappa shape index (κ1) is 17.0. The molecule has 132 valence electrons. The molecule has 0 saturated heterocycles. The highest BCUT2D eigenvalue weighted by atomic mass is 16.6. The number of nitrogens with zero attached hydrogens (tertiary/aromatic N) is 1. The highest BCUT2D eigenvalue weighted by molar-refractivity contribution is 6.13. The number of rotatable bonds is 3. The number of amides is 1. The lowest BCUT2D eigenvalue weighted by Crippen LogP contribution is -2.38. The SMILES string of the molecule is CCOC(=O)N1Cc2c([nH]c3ccc(OC)cc23)C(=O)C(C(C)=O)C1. The minimum atomic E-state index is -0.902. The van der Waals surface area contributed by atoms with E-state index >= 15 is 0 Å². The van der Waals surface area contributed by atoms with E-state index in [4.69, 9.17) is 9.47 Å². The van der Waals surface area contributed by atoms with Gasteiger partial charge in [0.15, 0.2) is 5.78 Å². The van der Waals surface area contributed by atoms with Gasteiger partial charge < -0.3 is 19.4 Å². The molecule has 0 bridgehead atoms. The van der Waals surface area contributed by atoms with Crippen molar-refractivity contribution >= 4 is 28.6 Å². The third kappa shape index (κ3) is 2.97. The zero-order valence-electron chi connectivity index (χ0n) is 14.4. The molecule has 1 N–H and O–H groups in total. The molecule has 1 aromatic carbocycles. The van der Waals surface area contributed by atoms with Crippen LogP contribution in [0.25, 0.3) is 10.9 Å². The topological polar surface area (TPSA) is 88.7 Å². The number of ketones is 2. The van der Waals surface area contributed by atoms with Crippen molar-refractivity contribution in [1.82, 2.24) is 9.88 Å². The lowest BCUT2D eigenvalue weighted by molar-refractivity contribution is -0.119. The van der Waals surface area contributed by atoms with Crippen molar-refractivity contribution in [2.75, 3.05) is 20.3 Å². The van der Waals surface area contributed by atoms with Crippen molar-refractivity contribution in [2.24, 2.45) is 5.92 Å². The first-order valence-corrected chi connectivity index (χ1v) is 8.11. The summed E-state index contributed by atoms with van der Waals surface area (Å²) in [4.78, 5) is 41.6. The fourth-order valence-electron chi connectivity index (χ4n) is 3.13. The predicted molar refractivity (Wildman–Crippen MR) is 90.8 cm³/mol. The number of methoxy groups -OCH3 is 1. The fraction of sp³-hybridized carbons (Fsp3) is 0.389. The number of hydrogen-bond acceptors (Lipinski definition) is 5. The van der Waals surface area contributed by atoms with E-state index < -0.39 is 12.0 Å². The van der Waals surface area contributed by atoms with Gasteiger partial charge in [0.05, 0.1) is 31.9 Å². The lowest BCUT2D eigenvalue weighted by atomic mass is 9.97. The molecule has 0 aliphatic carbocycles. The molecule has 2 aromatic rings. The van der Waals surface area contributed by atoms with Crippen molar-refractivity contribution in [3.05, 3.63) is 29.5 Å². The van der Waals surface area contributed by atoms with Crippen LogP contribution in [0.4, 0.5) is 4.79 Å². The number of nitrogens with one attached hydrogen (secondary N) is 1. The zero-order chi connectivity index (χ0) is 18.1. The first-order valence-electron chi connectivity index (χ1n) is 8.11. The number of carbonyl (C=O) groups excluding carboxylic acids is 3. The number of ether oxygens (including phenoxy) is 2. The summed E-state index contributed by atoms with van der Waals surface area (Å²) in [6.45, 7) is 3.51. The number of Topliss-reactive ketones (excluding diaryl/α,β-unsaturated/α-hetero) is 2. The van der Waals surface area contributed by atoms with Gasteiger partial charge in [-0.3, -0.25) is 9.59 Å². The van der Waals surface area contributed by atoms with Crippen molar-refractivity contribution < 1.29 is 23.9 Å². The molecule has 7 nitrogen and oxygen atoms in total. The quantitative estimate of drug-likeness (QED) is 0.865. The van der Waals surface area contributed by atoms with Gasteiger partial charge in [-0.25, -0.2) is 4.79 Å². The zero-order valence-corrected chi connectivity index (χ0v) is 14.4. The van der Waals surface area contributed by atoms with E-state index in [1.807, 2.05) is 12.1 Å². The molecular weight excluding hydrogens is 324 g/mol. The minimum Gasteiger partial charge on any atom is -0.497 e. The summed E-state index contributed by atoms with van der Waals surface area (Å²) in [5, 5.41) is 0.793. The van der Waals surface area contributed by atoms with Gasteiger partial charge >= 0.3 is 6.09 Å². The molecular formula is C18H20N2O5. The van der Waals surface area contributed by atoms with E-state index in [0.717, 1.165) is 10.9 Å². The van der Waals surface area contributed by atoms with E-state index in [0.29, 0.717) is 17.0 Å². The Balaban J connectivity index is 2.15. The normalized spacial score (nSPS) is 17.2. The second kappa shape index (κ2) is 6.58. The van der Waals surface area contributed by atoms with Gasteiger partial charge in [0.2, 0.25) is 0 Å². The second-order valence-electron chi connectivity index (χ2n) is 6.00. The first-order chi connectivity index (χ1) is 12.0. The molecule has 1 aromatic heterocycles. The molecule has 0 radical (unpaired) electrons. The second-order valence-corrected chi connectivity index (χ2v) is 6.00. The Labute approximate surface area is 144 Å². The Bertz CT molecular complexity index is 855. The summed E-state index contributed by atoms with van der Waals surface area (Å²) in [5.74, 6) is -0.828. The third-order valence-corrected chi connectivity index (χ3v) is 4.44. The Morgan fingerprint density at radius 1 is 1.36 bits per heavy atom. The van der Waals surface area contributed by atoms with E-state index in [-0.39, 0.29) is 31.3 Å². The number of aromatic nitrogens is 1. The number of carbonyl (C=O) groups is 3. The fourth-order valence-corrected chi connectivity index (χ4v) is 3.13. The van der Waals surface area contributed by atoms with Gasteiger partial charge in [-0.05, 0) is 32.0 Å². The van der Waals surface area contributed by atoms with Gasteiger partial charge in [-0.2, -0.15) is 0 Å². The van der Waals surface area contributed by atoms with Crippen LogP contribution in [0, 0.1) is 5.92 Å². The van der Waals surface area contributed by atoms with Crippen LogP contribution in [0.3, 0.4) is 0 Å². The third-order valence-electron chi connectivity index (χ3n) is 4.44. The van der Waals surface area contributed by atoms with Crippen molar-refractivity contribution in [1.29, 1.82) is 0 Å². The van der Waals surface area contributed by atoms with E-state index in [1.54, 1.807) is 20.1 Å². The molecule has 7 heteroatoms. The molecule has 1 amide bonds. The summed E-state index contributed by atoms with van der Waals surface area (Å²) in [5.41, 5.74) is 1.80. The molecule has 0 saturated carbocycles. The van der Waals surface area contributed by atoms with Gasteiger partial charge in [0, 0.05) is 23.0 Å². The standard InChI is InChI=1S/C18H20N2O5/c1-4-25-18(23)20-8-13(10(2)21)17(22)16-14(9-20)12-7-11(24-3)5-6-15(12)19-16/h5-7,13,19H,4,8-9H2,1-3H3. The molecule has 3 rings (SSSR count). The summed E-state index contributed by atoms with van der Waals surface area (Å²) in [6, 6.07) is 5.41. The molecule has 2 heterocycles. The van der Waals surface area contributed by atoms with Crippen molar-refractivity contribution in [3.8, 4) is 5.75 Å². The van der Waals surface area contributed by atoms with Gasteiger partial charge in [0.25, 0.3) is 0 Å². The number of fused-ring (bicyclic) bond motifs is 3.